The molecule has 0 saturated heterocycles. The van der Waals surface area contributed by atoms with Crippen LogP contribution < -0.4 is 0 Å². The summed E-state index contributed by atoms with van der Waals surface area (Å²) in [5.41, 5.74) is 12.3. The summed E-state index contributed by atoms with van der Waals surface area (Å²) in [7, 11) is 0. The fourth-order valence-corrected chi connectivity index (χ4v) is 8.83. The van der Waals surface area contributed by atoms with Crippen LogP contribution in [0.3, 0.4) is 0 Å². The van der Waals surface area contributed by atoms with E-state index in [1.165, 1.54) is 109 Å². The molecule has 11 rings (SSSR count). The maximum atomic E-state index is 2.44. The Hall–Kier alpha value is -7.28. The molecule has 0 amide bonds. The molecule has 11 aromatic carbocycles. The molecular weight excluding hydrogens is 673 g/mol. The summed E-state index contributed by atoms with van der Waals surface area (Å²) in [6.45, 7) is 0. The van der Waals surface area contributed by atoms with Gasteiger partial charge in [0.15, 0.2) is 0 Å². The highest BCUT2D eigenvalue weighted by atomic mass is 14.2. The molecule has 0 saturated carbocycles. The van der Waals surface area contributed by atoms with E-state index in [9.17, 15) is 0 Å². The Morgan fingerprint density at radius 1 is 0.179 bits per heavy atom. The van der Waals surface area contributed by atoms with Crippen molar-refractivity contribution in [1.29, 1.82) is 0 Å². The van der Waals surface area contributed by atoms with Crippen molar-refractivity contribution in [3.63, 3.8) is 0 Å². The van der Waals surface area contributed by atoms with Crippen molar-refractivity contribution < 1.29 is 0 Å². The van der Waals surface area contributed by atoms with E-state index >= 15 is 0 Å². The van der Waals surface area contributed by atoms with Crippen LogP contribution in [-0.4, -0.2) is 0 Å². The minimum atomic E-state index is 1.21. The quantitative estimate of drug-likeness (QED) is 0.156. The van der Waals surface area contributed by atoms with Gasteiger partial charge in [0.05, 0.1) is 0 Å². The zero-order chi connectivity index (χ0) is 37.0. The molecule has 0 fully saturated rings. The fourth-order valence-electron chi connectivity index (χ4n) is 8.83. The average molecular weight is 709 g/mol. The van der Waals surface area contributed by atoms with Crippen LogP contribution in [-0.2, 0) is 0 Å². The first-order chi connectivity index (χ1) is 27.7. The van der Waals surface area contributed by atoms with Crippen LogP contribution in [0, 0.1) is 0 Å². The predicted octanol–water partition coefficient (Wildman–Crippen LogP) is 15.8. The molecule has 56 heavy (non-hydrogen) atoms. The number of hydrogen-bond donors (Lipinski definition) is 0. The summed E-state index contributed by atoms with van der Waals surface area (Å²) in [4.78, 5) is 0. The number of benzene rings is 11. The van der Waals surface area contributed by atoms with E-state index in [0.29, 0.717) is 0 Å². The van der Waals surface area contributed by atoms with Crippen molar-refractivity contribution in [3.8, 4) is 55.6 Å². The van der Waals surface area contributed by atoms with E-state index in [1.807, 2.05) is 0 Å². The summed E-state index contributed by atoms with van der Waals surface area (Å²) >= 11 is 0. The van der Waals surface area contributed by atoms with Gasteiger partial charge in [-0.3, -0.25) is 0 Å². The van der Waals surface area contributed by atoms with Crippen molar-refractivity contribution in [2.24, 2.45) is 0 Å². The summed E-state index contributed by atoms with van der Waals surface area (Å²) in [6.07, 6.45) is 0. The summed E-state index contributed by atoms with van der Waals surface area (Å²) in [6, 6.07) is 80.6. The molecular formula is C56H36. The summed E-state index contributed by atoms with van der Waals surface area (Å²) in [5.74, 6) is 0. The van der Waals surface area contributed by atoms with Crippen LogP contribution in [0.2, 0.25) is 0 Å². The molecule has 0 radical (unpaired) electrons. The van der Waals surface area contributed by atoms with Gasteiger partial charge in [-0.15, -0.1) is 0 Å². The Bertz CT molecular complexity index is 3270. The minimum Gasteiger partial charge on any atom is -0.0622 e. The first-order valence-electron chi connectivity index (χ1n) is 19.4. The Balaban J connectivity index is 1.24. The molecule has 0 aliphatic rings. The highest BCUT2D eigenvalue weighted by Crippen LogP contribution is 2.47. The van der Waals surface area contributed by atoms with Crippen molar-refractivity contribution in [2.75, 3.05) is 0 Å². The maximum Gasteiger partial charge on any atom is -0.00199 e. The monoisotopic (exact) mass is 708 g/mol. The number of hydrogen-bond acceptors (Lipinski definition) is 0. The SMILES string of the molecule is c1ccc(-c2ccc(-c3c4cc(-c5ccc6ccccc6c5)ccc4c(-c4cccc5ccccc45)c4cc(-c5ccc6ccccc6c5)ccc34)cc2)cc1. The third-order valence-corrected chi connectivity index (χ3v) is 11.6. The second kappa shape index (κ2) is 13.2. The van der Waals surface area contributed by atoms with E-state index in [-0.39, 0.29) is 0 Å². The van der Waals surface area contributed by atoms with Crippen molar-refractivity contribution in [3.05, 3.63) is 218 Å². The molecule has 260 valence electrons. The molecule has 0 N–H and O–H groups in total. The smallest absolute Gasteiger partial charge is 0.00199 e. The number of rotatable bonds is 5. The second-order valence-electron chi connectivity index (χ2n) is 14.9. The molecule has 0 heteroatoms. The lowest BCUT2D eigenvalue weighted by Gasteiger charge is -2.21. The van der Waals surface area contributed by atoms with E-state index in [4.69, 9.17) is 0 Å². The largest absolute Gasteiger partial charge is 0.0622 e. The Kier molecular flexibility index (Phi) is 7.60. The van der Waals surface area contributed by atoms with Gasteiger partial charge in [0.2, 0.25) is 0 Å². The van der Waals surface area contributed by atoms with Crippen LogP contribution >= 0.6 is 0 Å². The topological polar surface area (TPSA) is 0 Å². The normalized spacial score (nSPS) is 11.6. The summed E-state index contributed by atoms with van der Waals surface area (Å²) < 4.78 is 0. The van der Waals surface area contributed by atoms with Crippen molar-refractivity contribution >= 4 is 53.9 Å². The summed E-state index contributed by atoms with van der Waals surface area (Å²) in [5, 5.41) is 12.5. The first-order valence-corrected chi connectivity index (χ1v) is 19.4. The van der Waals surface area contributed by atoms with Gasteiger partial charge >= 0.3 is 0 Å². The van der Waals surface area contributed by atoms with Gasteiger partial charge in [-0.1, -0.05) is 194 Å². The number of fused-ring (bicyclic) bond motifs is 5. The Morgan fingerprint density at radius 3 is 1.25 bits per heavy atom. The van der Waals surface area contributed by atoms with Gasteiger partial charge in [-0.05, 0) is 134 Å². The van der Waals surface area contributed by atoms with Crippen molar-refractivity contribution in [2.45, 2.75) is 0 Å². The Morgan fingerprint density at radius 2 is 0.607 bits per heavy atom. The highest BCUT2D eigenvalue weighted by Gasteiger charge is 2.20. The predicted molar refractivity (Wildman–Crippen MR) is 241 cm³/mol. The van der Waals surface area contributed by atoms with Gasteiger partial charge in [0.25, 0.3) is 0 Å². The van der Waals surface area contributed by atoms with Gasteiger partial charge in [0, 0.05) is 0 Å². The Labute approximate surface area is 326 Å². The maximum absolute atomic E-state index is 2.44. The van der Waals surface area contributed by atoms with Gasteiger partial charge in [0.1, 0.15) is 0 Å². The lowest BCUT2D eigenvalue weighted by atomic mass is 9.82. The molecule has 11 aromatic rings. The zero-order valence-corrected chi connectivity index (χ0v) is 30.8. The third-order valence-electron chi connectivity index (χ3n) is 11.6. The van der Waals surface area contributed by atoms with Crippen LogP contribution in [0.4, 0.5) is 0 Å². The van der Waals surface area contributed by atoms with Crippen LogP contribution in [0.5, 0.6) is 0 Å². The molecule has 0 aromatic heterocycles. The molecule has 0 nitrogen and oxygen atoms in total. The third kappa shape index (κ3) is 5.46. The van der Waals surface area contributed by atoms with Crippen molar-refractivity contribution in [1.82, 2.24) is 0 Å². The van der Waals surface area contributed by atoms with E-state index < -0.39 is 0 Å². The van der Waals surface area contributed by atoms with Crippen LogP contribution in [0.15, 0.2) is 218 Å². The highest BCUT2D eigenvalue weighted by molar-refractivity contribution is 6.24. The van der Waals surface area contributed by atoms with Gasteiger partial charge in [-0.25, -0.2) is 0 Å². The molecule has 0 aliphatic carbocycles. The fraction of sp³-hybridized carbons (Fsp3) is 0. The van der Waals surface area contributed by atoms with Crippen LogP contribution in [0.25, 0.3) is 109 Å². The van der Waals surface area contributed by atoms with Gasteiger partial charge in [-0.2, -0.15) is 0 Å². The van der Waals surface area contributed by atoms with E-state index in [1.54, 1.807) is 0 Å². The van der Waals surface area contributed by atoms with E-state index in [2.05, 4.69) is 218 Å². The molecule has 0 unspecified atom stereocenters. The molecule has 0 atom stereocenters. The van der Waals surface area contributed by atoms with Gasteiger partial charge < -0.3 is 0 Å². The zero-order valence-electron chi connectivity index (χ0n) is 30.8. The lowest BCUT2D eigenvalue weighted by molar-refractivity contribution is 1.61. The molecule has 0 spiro atoms. The molecule has 0 heterocycles. The lowest BCUT2D eigenvalue weighted by Crippen LogP contribution is -1.93. The molecule has 0 bridgehead atoms. The second-order valence-corrected chi connectivity index (χ2v) is 14.9. The molecule has 0 aliphatic heterocycles. The standard InChI is InChI=1S/C56H36/c1-2-11-37(12-3-1)40-21-25-42(26-22-40)55-51-31-29-48(46-28-24-39-14-5-7-17-44(39)34-46)36-54(51)56(50-20-10-18-41-15-8-9-19-49(41)50)52-32-30-47(35-53(52)55)45-27-23-38-13-4-6-16-43(38)33-45/h1-36H. The van der Waals surface area contributed by atoms with Crippen LogP contribution in [0.1, 0.15) is 0 Å². The minimum absolute atomic E-state index is 1.21. The average Bonchev–Trinajstić information content (AvgIpc) is 3.28. The van der Waals surface area contributed by atoms with E-state index in [0.717, 1.165) is 0 Å². The first kappa shape index (κ1) is 32.2.